The van der Waals surface area contributed by atoms with E-state index in [2.05, 4.69) is 24.4 Å². The third-order valence-corrected chi connectivity index (χ3v) is 4.17. The van der Waals surface area contributed by atoms with Gasteiger partial charge in [0.15, 0.2) is 0 Å². The predicted molar refractivity (Wildman–Crippen MR) is 87.7 cm³/mol. The fraction of sp³-hybridized carbons (Fsp3) is 0.500. The lowest BCUT2D eigenvalue weighted by Crippen LogP contribution is -2.56. The molecule has 0 spiro atoms. The Bertz CT molecular complexity index is 481. The molecule has 0 aromatic heterocycles. The Morgan fingerprint density at radius 3 is 2.50 bits per heavy atom. The number of carbonyl (C=O) groups is 1. The number of carbonyl (C=O) groups excluding carboxylic acids is 1. The number of benzene rings is 1. The molecule has 0 aliphatic heterocycles. The van der Waals surface area contributed by atoms with Crippen LogP contribution in [0.25, 0.3) is 0 Å². The summed E-state index contributed by atoms with van der Waals surface area (Å²) in [5.41, 5.74) is 7.63. The summed E-state index contributed by atoms with van der Waals surface area (Å²) in [7, 11) is 0. The fourth-order valence-electron chi connectivity index (χ4n) is 2.29. The van der Waals surface area contributed by atoms with Crippen LogP contribution < -0.4 is 11.1 Å². The van der Waals surface area contributed by atoms with Gasteiger partial charge in [-0.25, -0.2) is 0 Å². The normalized spacial score (nSPS) is 11.2. The van der Waals surface area contributed by atoms with E-state index in [9.17, 15) is 4.79 Å². The van der Waals surface area contributed by atoms with Crippen molar-refractivity contribution in [2.24, 2.45) is 5.73 Å². The molecule has 0 aliphatic rings. The minimum absolute atomic E-state index is 0.00278. The summed E-state index contributed by atoms with van der Waals surface area (Å²) in [5, 5.41) is 3.01. The second kappa shape index (κ2) is 7.39. The van der Waals surface area contributed by atoms with Gasteiger partial charge in [-0.2, -0.15) is 0 Å². The van der Waals surface area contributed by atoms with Crippen molar-refractivity contribution in [3.63, 3.8) is 0 Å². The van der Waals surface area contributed by atoms with E-state index in [4.69, 9.17) is 18.0 Å². The number of aryl methyl sites for hydroxylation is 2. The predicted octanol–water partition coefficient (Wildman–Crippen LogP) is 2.89. The molecular formula is C16H24N2OS. The van der Waals surface area contributed by atoms with Crippen LogP contribution in [0.3, 0.4) is 0 Å². The molecule has 0 atom stereocenters. The van der Waals surface area contributed by atoms with Gasteiger partial charge in [0.25, 0.3) is 0 Å². The monoisotopic (exact) mass is 292 g/mol. The number of rotatable bonds is 7. The number of nitrogens with two attached hydrogens (primary N) is 1. The van der Waals surface area contributed by atoms with Crippen molar-refractivity contribution in [3.05, 3.63) is 35.4 Å². The number of hydrogen-bond donors (Lipinski definition) is 2. The van der Waals surface area contributed by atoms with Crippen molar-refractivity contribution < 1.29 is 4.79 Å². The summed E-state index contributed by atoms with van der Waals surface area (Å²) in [6.07, 6.45) is 2.62. The van der Waals surface area contributed by atoms with E-state index >= 15 is 0 Å². The zero-order valence-corrected chi connectivity index (χ0v) is 13.3. The van der Waals surface area contributed by atoms with Crippen LogP contribution in [-0.4, -0.2) is 16.4 Å². The highest BCUT2D eigenvalue weighted by Crippen LogP contribution is 2.16. The molecule has 110 valence electrons. The van der Waals surface area contributed by atoms with Crippen molar-refractivity contribution in [1.82, 2.24) is 5.32 Å². The van der Waals surface area contributed by atoms with E-state index in [-0.39, 0.29) is 5.91 Å². The second-order valence-electron chi connectivity index (χ2n) is 5.19. The molecule has 0 saturated carbocycles. The van der Waals surface area contributed by atoms with Crippen molar-refractivity contribution in [2.45, 2.75) is 52.0 Å². The lowest BCUT2D eigenvalue weighted by Gasteiger charge is -2.31. The molecule has 1 aromatic carbocycles. The van der Waals surface area contributed by atoms with Crippen molar-refractivity contribution in [3.8, 4) is 0 Å². The van der Waals surface area contributed by atoms with E-state index < -0.39 is 5.54 Å². The molecular weight excluding hydrogens is 268 g/mol. The largest absolute Gasteiger partial charge is 0.391 e. The van der Waals surface area contributed by atoms with Crippen LogP contribution >= 0.6 is 12.2 Å². The average molecular weight is 292 g/mol. The molecule has 0 saturated heterocycles. The molecule has 3 nitrogen and oxygen atoms in total. The Labute approximate surface area is 126 Å². The van der Waals surface area contributed by atoms with Gasteiger partial charge < -0.3 is 11.1 Å². The lowest BCUT2D eigenvalue weighted by atomic mass is 9.92. The van der Waals surface area contributed by atoms with Gasteiger partial charge in [0.1, 0.15) is 0 Å². The van der Waals surface area contributed by atoms with E-state index in [1.165, 1.54) is 11.1 Å². The van der Waals surface area contributed by atoms with Crippen LogP contribution in [-0.2, 0) is 11.2 Å². The molecule has 0 radical (unpaired) electrons. The highest BCUT2D eigenvalue weighted by atomic mass is 32.1. The second-order valence-corrected chi connectivity index (χ2v) is 5.63. The maximum absolute atomic E-state index is 12.1. The van der Waals surface area contributed by atoms with Crippen molar-refractivity contribution in [2.75, 3.05) is 0 Å². The summed E-state index contributed by atoms with van der Waals surface area (Å²) in [5.74, 6) is 0.00278. The average Bonchev–Trinajstić information content (AvgIpc) is 2.42. The van der Waals surface area contributed by atoms with Gasteiger partial charge in [-0.05, 0) is 31.7 Å². The third kappa shape index (κ3) is 4.30. The molecule has 1 amide bonds. The van der Waals surface area contributed by atoms with Gasteiger partial charge in [-0.3, -0.25) is 4.79 Å². The van der Waals surface area contributed by atoms with Gasteiger partial charge in [-0.1, -0.05) is 55.9 Å². The van der Waals surface area contributed by atoms with Gasteiger partial charge in [0.2, 0.25) is 5.91 Å². The van der Waals surface area contributed by atoms with Gasteiger partial charge >= 0.3 is 0 Å². The Morgan fingerprint density at radius 2 is 2.00 bits per heavy atom. The standard InChI is InChI=1S/C16H24N2OS/c1-4-16(5-2,15(17)20)18-14(19)10-9-13-8-6-7-12(3)11-13/h6-8,11H,4-5,9-10H2,1-3H3,(H2,17,20)(H,18,19). The maximum Gasteiger partial charge on any atom is 0.221 e. The molecule has 0 bridgehead atoms. The molecule has 20 heavy (non-hydrogen) atoms. The minimum atomic E-state index is -0.543. The first-order chi connectivity index (χ1) is 9.43. The Morgan fingerprint density at radius 1 is 1.35 bits per heavy atom. The van der Waals surface area contributed by atoms with E-state index in [0.29, 0.717) is 11.4 Å². The number of nitrogens with one attached hydrogen (secondary N) is 1. The van der Waals surface area contributed by atoms with E-state index in [1.807, 2.05) is 26.0 Å². The van der Waals surface area contributed by atoms with Gasteiger partial charge in [0, 0.05) is 6.42 Å². The molecule has 3 N–H and O–H groups in total. The van der Waals surface area contributed by atoms with Crippen LogP contribution in [0.1, 0.15) is 44.2 Å². The smallest absolute Gasteiger partial charge is 0.221 e. The zero-order valence-electron chi connectivity index (χ0n) is 12.5. The zero-order chi connectivity index (χ0) is 15.2. The van der Waals surface area contributed by atoms with Crippen LogP contribution in [0.2, 0.25) is 0 Å². The molecule has 4 heteroatoms. The quantitative estimate of drug-likeness (QED) is 0.760. The Balaban J connectivity index is 2.61. The molecule has 0 unspecified atom stereocenters. The minimum Gasteiger partial charge on any atom is -0.391 e. The Kier molecular flexibility index (Phi) is 6.14. The summed E-state index contributed by atoms with van der Waals surface area (Å²) in [6.45, 7) is 6.03. The van der Waals surface area contributed by atoms with Crippen LogP contribution in [0.15, 0.2) is 24.3 Å². The van der Waals surface area contributed by atoms with Crippen LogP contribution in [0.5, 0.6) is 0 Å². The molecule has 1 aromatic rings. The highest BCUT2D eigenvalue weighted by Gasteiger charge is 2.30. The number of amides is 1. The summed E-state index contributed by atoms with van der Waals surface area (Å²) in [6, 6.07) is 8.21. The first-order valence-corrected chi connectivity index (χ1v) is 7.50. The molecule has 0 heterocycles. The van der Waals surface area contributed by atoms with Gasteiger partial charge in [-0.15, -0.1) is 0 Å². The number of hydrogen-bond acceptors (Lipinski definition) is 2. The third-order valence-electron chi connectivity index (χ3n) is 3.78. The topological polar surface area (TPSA) is 55.1 Å². The number of thiocarbonyl (C=S) groups is 1. The van der Waals surface area contributed by atoms with E-state index in [1.54, 1.807) is 0 Å². The van der Waals surface area contributed by atoms with E-state index in [0.717, 1.165) is 19.3 Å². The van der Waals surface area contributed by atoms with Crippen LogP contribution in [0.4, 0.5) is 0 Å². The van der Waals surface area contributed by atoms with Crippen LogP contribution in [0, 0.1) is 6.92 Å². The summed E-state index contributed by atoms with van der Waals surface area (Å²) in [4.78, 5) is 12.5. The van der Waals surface area contributed by atoms with Crippen molar-refractivity contribution >= 4 is 23.1 Å². The first kappa shape index (κ1) is 16.6. The SMILES string of the molecule is CCC(CC)(NC(=O)CCc1cccc(C)c1)C(N)=S. The fourth-order valence-corrected chi connectivity index (χ4v) is 2.63. The molecule has 0 aliphatic carbocycles. The molecule has 1 rings (SSSR count). The van der Waals surface area contributed by atoms with Crippen molar-refractivity contribution in [1.29, 1.82) is 0 Å². The first-order valence-electron chi connectivity index (χ1n) is 7.10. The summed E-state index contributed by atoms with van der Waals surface area (Å²) < 4.78 is 0. The maximum atomic E-state index is 12.1. The molecule has 0 fully saturated rings. The lowest BCUT2D eigenvalue weighted by molar-refractivity contribution is -0.122. The van der Waals surface area contributed by atoms with Gasteiger partial charge in [0.05, 0.1) is 10.5 Å². The summed E-state index contributed by atoms with van der Waals surface area (Å²) >= 11 is 5.10. The highest BCUT2D eigenvalue weighted by molar-refractivity contribution is 7.80. The Hall–Kier alpha value is -1.42.